The Morgan fingerprint density at radius 1 is 1.56 bits per heavy atom. The number of aliphatic carboxylic acids is 1. The van der Waals surface area contributed by atoms with Crippen LogP contribution in [0.15, 0.2) is 6.20 Å². The average Bonchev–Trinajstić information content (AvgIpc) is 2.92. The lowest BCUT2D eigenvalue weighted by Crippen LogP contribution is -2.17. The lowest BCUT2D eigenvalue weighted by atomic mass is 9.90. The number of rotatable bonds is 2. The van der Waals surface area contributed by atoms with Crippen LogP contribution < -0.4 is 0 Å². The van der Waals surface area contributed by atoms with Crippen LogP contribution in [0.1, 0.15) is 35.8 Å². The lowest BCUT2D eigenvalue weighted by Gasteiger charge is -2.16. The van der Waals surface area contributed by atoms with Crippen molar-refractivity contribution in [1.82, 2.24) is 20.2 Å². The highest BCUT2D eigenvalue weighted by Gasteiger charge is 2.30. The Labute approximate surface area is 103 Å². The molecule has 2 heterocycles. The van der Waals surface area contributed by atoms with Crippen LogP contribution in [-0.2, 0) is 11.2 Å². The summed E-state index contributed by atoms with van der Waals surface area (Å²) in [4.78, 5) is 18.9. The van der Waals surface area contributed by atoms with Crippen molar-refractivity contribution in [1.29, 1.82) is 0 Å². The van der Waals surface area contributed by atoms with Gasteiger partial charge in [0.1, 0.15) is 11.7 Å². The first-order valence-corrected chi connectivity index (χ1v) is 5.98. The molecule has 1 aliphatic carbocycles. The van der Waals surface area contributed by atoms with Gasteiger partial charge in [-0.15, -0.1) is 0 Å². The van der Waals surface area contributed by atoms with Crippen molar-refractivity contribution in [2.24, 2.45) is 0 Å². The Morgan fingerprint density at radius 3 is 3.06 bits per heavy atom. The summed E-state index contributed by atoms with van der Waals surface area (Å²) in [5, 5.41) is 16.0. The van der Waals surface area contributed by atoms with Crippen molar-refractivity contribution >= 4 is 5.97 Å². The molecule has 2 aromatic heterocycles. The molecule has 0 amide bonds. The molecule has 0 bridgehead atoms. The van der Waals surface area contributed by atoms with Crippen LogP contribution in [0.5, 0.6) is 0 Å². The largest absolute Gasteiger partial charge is 0.481 e. The van der Waals surface area contributed by atoms with Crippen LogP contribution in [0.2, 0.25) is 0 Å². The minimum Gasteiger partial charge on any atom is -0.481 e. The molecule has 0 spiro atoms. The molecule has 0 saturated carbocycles. The summed E-state index contributed by atoms with van der Waals surface area (Å²) in [7, 11) is 0. The van der Waals surface area contributed by atoms with Gasteiger partial charge < -0.3 is 10.1 Å². The molecule has 6 nitrogen and oxygen atoms in total. The fourth-order valence-corrected chi connectivity index (χ4v) is 2.48. The third-order valence-corrected chi connectivity index (χ3v) is 3.44. The predicted octanol–water partition coefficient (Wildman–Crippen LogP) is 1.61. The fraction of sp³-hybridized carbons (Fsp3) is 0.417. The standard InChI is InChI=1S/C12H14N4O2/c1-6-8(5-13-16-6)11-14-9-4-2-3-7(12(17)18)10(9)15-11/h5,7H,2-4H2,1H3,(H,13,16)(H,14,15)(H,17,18). The predicted molar refractivity (Wildman–Crippen MR) is 64.2 cm³/mol. The maximum Gasteiger partial charge on any atom is 0.312 e. The van der Waals surface area contributed by atoms with Crippen LogP contribution in [0.3, 0.4) is 0 Å². The van der Waals surface area contributed by atoms with Crippen molar-refractivity contribution in [3.05, 3.63) is 23.3 Å². The van der Waals surface area contributed by atoms with Gasteiger partial charge in [0.15, 0.2) is 0 Å². The summed E-state index contributed by atoms with van der Waals surface area (Å²) in [6.07, 6.45) is 4.12. The molecule has 0 aliphatic heterocycles. The van der Waals surface area contributed by atoms with Gasteiger partial charge in [-0.25, -0.2) is 4.98 Å². The SMILES string of the molecule is Cc1[nH]ncc1-c1nc2c([nH]1)CCCC2C(=O)O. The van der Waals surface area contributed by atoms with E-state index in [-0.39, 0.29) is 0 Å². The van der Waals surface area contributed by atoms with Crippen molar-refractivity contribution in [3.63, 3.8) is 0 Å². The number of hydrogen-bond donors (Lipinski definition) is 3. The third-order valence-electron chi connectivity index (χ3n) is 3.44. The second-order valence-corrected chi connectivity index (χ2v) is 4.64. The molecule has 94 valence electrons. The van der Waals surface area contributed by atoms with Crippen LogP contribution >= 0.6 is 0 Å². The monoisotopic (exact) mass is 246 g/mol. The van der Waals surface area contributed by atoms with E-state index in [4.69, 9.17) is 0 Å². The van der Waals surface area contributed by atoms with E-state index in [1.165, 1.54) is 0 Å². The van der Waals surface area contributed by atoms with Crippen LogP contribution in [0.4, 0.5) is 0 Å². The van der Waals surface area contributed by atoms with Gasteiger partial charge in [0.05, 0.1) is 17.5 Å². The molecule has 2 aromatic rings. The Bertz CT molecular complexity index is 599. The molecule has 3 N–H and O–H groups in total. The van der Waals surface area contributed by atoms with Crippen molar-refractivity contribution in [2.75, 3.05) is 0 Å². The van der Waals surface area contributed by atoms with E-state index in [2.05, 4.69) is 20.2 Å². The Hall–Kier alpha value is -2.11. The van der Waals surface area contributed by atoms with Gasteiger partial charge in [0.25, 0.3) is 0 Å². The number of hydrogen-bond acceptors (Lipinski definition) is 3. The first kappa shape index (κ1) is 11.0. The molecular formula is C12H14N4O2. The highest BCUT2D eigenvalue weighted by molar-refractivity contribution is 5.76. The maximum atomic E-state index is 11.2. The van der Waals surface area contributed by atoms with E-state index in [0.717, 1.165) is 29.8 Å². The normalized spacial score (nSPS) is 18.6. The Balaban J connectivity index is 2.06. The number of carboxylic acids is 1. The number of aromatic nitrogens is 4. The summed E-state index contributed by atoms with van der Waals surface area (Å²) in [6, 6.07) is 0. The highest BCUT2D eigenvalue weighted by atomic mass is 16.4. The van der Waals surface area contributed by atoms with Gasteiger partial charge in [0, 0.05) is 11.4 Å². The van der Waals surface area contributed by atoms with Gasteiger partial charge in [-0.2, -0.15) is 5.10 Å². The highest BCUT2D eigenvalue weighted by Crippen LogP contribution is 2.32. The molecule has 0 radical (unpaired) electrons. The van der Waals surface area contributed by atoms with E-state index in [1.807, 2.05) is 6.92 Å². The van der Waals surface area contributed by atoms with E-state index >= 15 is 0 Å². The Morgan fingerprint density at radius 2 is 2.39 bits per heavy atom. The number of carbonyl (C=O) groups is 1. The van der Waals surface area contributed by atoms with Crippen LogP contribution in [0.25, 0.3) is 11.4 Å². The van der Waals surface area contributed by atoms with E-state index < -0.39 is 11.9 Å². The number of nitrogens with zero attached hydrogens (tertiary/aromatic N) is 2. The molecule has 1 aliphatic rings. The summed E-state index contributed by atoms with van der Waals surface area (Å²) in [5.41, 5.74) is 3.45. The molecule has 1 atom stereocenters. The number of nitrogens with one attached hydrogen (secondary N) is 2. The van der Waals surface area contributed by atoms with Crippen molar-refractivity contribution in [2.45, 2.75) is 32.1 Å². The number of aryl methyl sites for hydroxylation is 2. The Kier molecular flexibility index (Phi) is 2.43. The molecule has 0 saturated heterocycles. The van der Waals surface area contributed by atoms with Gasteiger partial charge in [-0.05, 0) is 26.2 Å². The summed E-state index contributed by atoms with van der Waals surface area (Å²) in [6.45, 7) is 1.92. The van der Waals surface area contributed by atoms with Gasteiger partial charge >= 0.3 is 5.97 Å². The van der Waals surface area contributed by atoms with Crippen molar-refractivity contribution < 1.29 is 9.90 Å². The van der Waals surface area contributed by atoms with E-state index in [1.54, 1.807) is 6.20 Å². The second-order valence-electron chi connectivity index (χ2n) is 4.64. The zero-order chi connectivity index (χ0) is 12.7. The van der Waals surface area contributed by atoms with Crippen LogP contribution in [-0.4, -0.2) is 31.2 Å². The smallest absolute Gasteiger partial charge is 0.312 e. The summed E-state index contributed by atoms with van der Waals surface area (Å²) >= 11 is 0. The molecule has 1 unspecified atom stereocenters. The molecule has 0 aromatic carbocycles. The zero-order valence-corrected chi connectivity index (χ0v) is 10.0. The average molecular weight is 246 g/mol. The van der Waals surface area contributed by atoms with Gasteiger partial charge in [-0.3, -0.25) is 9.89 Å². The molecule has 3 rings (SSSR count). The summed E-state index contributed by atoms with van der Waals surface area (Å²) < 4.78 is 0. The minimum atomic E-state index is -0.794. The van der Waals surface area contributed by atoms with E-state index in [0.29, 0.717) is 17.9 Å². The minimum absolute atomic E-state index is 0.481. The molecular weight excluding hydrogens is 232 g/mol. The molecule has 18 heavy (non-hydrogen) atoms. The fourth-order valence-electron chi connectivity index (χ4n) is 2.48. The number of carboxylic acid groups (broad SMARTS) is 1. The zero-order valence-electron chi connectivity index (χ0n) is 10.0. The molecule has 0 fully saturated rings. The molecule has 6 heteroatoms. The van der Waals surface area contributed by atoms with Crippen molar-refractivity contribution in [3.8, 4) is 11.4 Å². The first-order chi connectivity index (χ1) is 8.66. The van der Waals surface area contributed by atoms with Gasteiger partial charge in [0.2, 0.25) is 0 Å². The lowest BCUT2D eigenvalue weighted by molar-refractivity contribution is -0.139. The second kappa shape index (κ2) is 3.97. The van der Waals surface area contributed by atoms with Gasteiger partial charge in [-0.1, -0.05) is 0 Å². The number of aromatic amines is 2. The number of H-pyrrole nitrogens is 2. The number of fused-ring (bicyclic) bond motifs is 1. The maximum absolute atomic E-state index is 11.2. The first-order valence-electron chi connectivity index (χ1n) is 5.98. The van der Waals surface area contributed by atoms with Crippen LogP contribution in [0, 0.1) is 6.92 Å². The number of imidazole rings is 1. The topological polar surface area (TPSA) is 94.7 Å². The van der Waals surface area contributed by atoms with E-state index in [9.17, 15) is 9.90 Å². The quantitative estimate of drug-likeness (QED) is 0.750. The third kappa shape index (κ3) is 1.61. The summed E-state index contributed by atoms with van der Waals surface area (Å²) in [5.74, 6) is -0.566.